The largest absolute Gasteiger partial charge is 0.298 e. The van der Waals surface area contributed by atoms with Crippen LogP contribution in [0, 0.1) is 0 Å². The van der Waals surface area contributed by atoms with Gasteiger partial charge in [-0.05, 0) is 12.1 Å². The summed E-state index contributed by atoms with van der Waals surface area (Å²) in [5.41, 5.74) is 0.0772. The Labute approximate surface area is 138 Å². The normalized spacial score (nSPS) is 10.0. The predicted molar refractivity (Wildman–Crippen MR) is 78.9 cm³/mol. The number of hydrogen-bond acceptors (Lipinski definition) is 3. The molecule has 21 heavy (non-hydrogen) atoms. The Bertz CT molecular complexity index is 641. The van der Waals surface area contributed by atoms with Crippen molar-refractivity contribution in [3.05, 3.63) is 56.0 Å². The summed E-state index contributed by atoms with van der Waals surface area (Å²) in [5, 5.41) is 0.0964. The lowest BCUT2D eigenvalue weighted by Gasteiger charge is -2.01. The van der Waals surface area contributed by atoms with Gasteiger partial charge in [-0.3, -0.25) is 4.79 Å². The van der Waals surface area contributed by atoms with E-state index >= 15 is 0 Å². The molecule has 0 aliphatic carbocycles. The van der Waals surface area contributed by atoms with Crippen LogP contribution >= 0.6 is 46.4 Å². The average molecular weight is 374 g/mol. The Morgan fingerprint density at radius 1 is 0.952 bits per heavy atom. The number of pyridine rings is 2. The predicted octanol–water partition coefficient (Wildman–Crippen LogP) is 5.53. The number of carbonyl (C=O) groups is 1. The number of carbonyl (C=O) groups excluding carboxylic acids is 1. The molecule has 0 aliphatic heterocycles. The highest BCUT2D eigenvalue weighted by Crippen LogP contribution is 2.30. The SMILES string of the molecule is FC(F)c1ccnc(Cl)c1Cl.O=Cc1ccnc(Cl)c1Cl. The molecule has 3 nitrogen and oxygen atoms in total. The van der Waals surface area contributed by atoms with Crippen molar-refractivity contribution >= 4 is 52.7 Å². The maximum absolute atomic E-state index is 12.0. The number of rotatable bonds is 2. The van der Waals surface area contributed by atoms with E-state index in [1.165, 1.54) is 18.5 Å². The number of aldehydes is 1. The zero-order chi connectivity index (χ0) is 16.0. The third-order valence-electron chi connectivity index (χ3n) is 2.12. The van der Waals surface area contributed by atoms with Crippen LogP contribution in [0.4, 0.5) is 8.78 Å². The summed E-state index contributed by atoms with van der Waals surface area (Å²) in [7, 11) is 0. The Kier molecular flexibility index (Phi) is 7.25. The first kappa shape index (κ1) is 18.0. The molecule has 2 aromatic rings. The van der Waals surface area contributed by atoms with Crippen LogP contribution in [0.3, 0.4) is 0 Å². The van der Waals surface area contributed by atoms with Crippen molar-refractivity contribution in [2.24, 2.45) is 0 Å². The van der Waals surface area contributed by atoms with Gasteiger partial charge in [0, 0.05) is 23.5 Å². The quantitative estimate of drug-likeness (QED) is 0.513. The average Bonchev–Trinajstić information content (AvgIpc) is 2.45. The van der Waals surface area contributed by atoms with Gasteiger partial charge in [-0.2, -0.15) is 0 Å². The highest BCUT2D eigenvalue weighted by Gasteiger charge is 2.13. The van der Waals surface area contributed by atoms with Gasteiger partial charge in [-0.25, -0.2) is 18.7 Å². The topological polar surface area (TPSA) is 42.9 Å². The van der Waals surface area contributed by atoms with E-state index in [-0.39, 0.29) is 25.9 Å². The van der Waals surface area contributed by atoms with Crippen LogP contribution in [0.2, 0.25) is 20.4 Å². The fourth-order valence-electron chi connectivity index (χ4n) is 1.12. The highest BCUT2D eigenvalue weighted by molar-refractivity contribution is 6.42. The second-order valence-electron chi connectivity index (χ2n) is 3.43. The van der Waals surface area contributed by atoms with Crippen molar-refractivity contribution < 1.29 is 13.6 Å². The molecule has 0 radical (unpaired) electrons. The molecule has 2 heterocycles. The number of alkyl halides is 2. The number of halogens is 6. The third kappa shape index (κ3) is 5.04. The van der Waals surface area contributed by atoms with Gasteiger partial charge >= 0.3 is 0 Å². The molecule has 112 valence electrons. The van der Waals surface area contributed by atoms with Gasteiger partial charge in [-0.1, -0.05) is 46.4 Å². The Balaban J connectivity index is 0.000000211. The molecule has 0 unspecified atom stereocenters. The summed E-state index contributed by atoms with van der Waals surface area (Å²) in [6, 6.07) is 2.64. The Hall–Kier alpha value is -1.01. The van der Waals surface area contributed by atoms with E-state index in [0.29, 0.717) is 11.8 Å². The maximum atomic E-state index is 12.0. The standard InChI is InChI=1S/C6H3Cl2F2N.C6H3Cl2NO/c7-4-3(6(9)10)1-2-11-5(4)8;7-5-4(3-10)1-2-9-6(5)8/h1-2,6H;1-3H. The van der Waals surface area contributed by atoms with Gasteiger partial charge in [-0.15, -0.1) is 0 Å². The lowest BCUT2D eigenvalue weighted by atomic mass is 10.3. The minimum absolute atomic E-state index is 0.0931. The summed E-state index contributed by atoms with van der Waals surface area (Å²) >= 11 is 21.9. The number of hydrogen-bond donors (Lipinski definition) is 0. The van der Waals surface area contributed by atoms with E-state index in [9.17, 15) is 13.6 Å². The van der Waals surface area contributed by atoms with Crippen molar-refractivity contribution in [1.29, 1.82) is 0 Å². The highest BCUT2D eigenvalue weighted by atomic mass is 35.5. The van der Waals surface area contributed by atoms with Gasteiger partial charge in [0.15, 0.2) is 6.29 Å². The van der Waals surface area contributed by atoms with Gasteiger partial charge in [0.1, 0.15) is 10.3 Å². The van der Waals surface area contributed by atoms with Crippen LogP contribution in [0.5, 0.6) is 0 Å². The van der Waals surface area contributed by atoms with Crippen LogP contribution in [0.1, 0.15) is 22.3 Å². The lowest BCUT2D eigenvalue weighted by Crippen LogP contribution is -1.87. The Morgan fingerprint density at radius 2 is 1.48 bits per heavy atom. The number of nitrogens with zero attached hydrogens (tertiary/aromatic N) is 2. The minimum Gasteiger partial charge on any atom is -0.298 e. The molecule has 2 rings (SSSR count). The monoisotopic (exact) mass is 372 g/mol. The molecule has 2 aromatic heterocycles. The Morgan fingerprint density at radius 3 is 1.90 bits per heavy atom. The summed E-state index contributed by atoms with van der Waals surface area (Å²) in [6.45, 7) is 0. The maximum Gasteiger partial charge on any atom is 0.265 e. The molecule has 0 aromatic carbocycles. The second-order valence-corrected chi connectivity index (χ2v) is 4.90. The van der Waals surface area contributed by atoms with Crippen molar-refractivity contribution in [2.45, 2.75) is 6.43 Å². The van der Waals surface area contributed by atoms with Crippen molar-refractivity contribution in [1.82, 2.24) is 9.97 Å². The van der Waals surface area contributed by atoms with E-state index in [0.717, 1.165) is 6.07 Å². The van der Waals surface area contributed by atoms with Crippen molar-refractivity contribution in [3.8, 4) is 0 Å². The minimum atomic E-state index is -2.61. The van der Waals surface area contributed by atoms with Gasteiger partial charge in [0.2, 0.25) is 0 Å². The molecule has 9 heteroatoms. The summed E-state index contributed by atoms with van der Waals surface area (Å²) in [4.78, 5) is 17.4. The molecule has 0 spiro atoms. The van der Waals surface area contributed by atoms with E-state index < -0.39 is 6.43 Å². The van der Waals surface area contributed by atoms with Crippen LogP contribution < -0.4 is 0 Å². The third-order valence-corrected chi connectivity index (χ3v) is 3.68. The van der Waals surface area contributed by atoms with Crippen LogP contribution in [-0.2, 0) is 0 Å². The first-order chi connectivity index (χ1) is 9.88. The zero-order valence-corrected chi connectivity index (χ0v) is 13.1. The van der Waals surface area contributed by atoms with E-state index in [1.807, 2.05) is 0 Å². The first-order valence-corrected chi connectivity index (χ1v) is 6.72. The fraction of sp³-hybridized carbons (Fsp3) is 0.0833. The van der Waals surface area contributed by atoms with E-state index in [4.69, 9.17) is 46.4 Å². The van der Waals surface area contributed by atoms with Crippen LogP contribution in [0.15, 0.2) is 24.5 Å². The smallest absolute Gasteiger partial charge is 0.265 e. The van der Waals surface area contributed by atoms with Crippen LogP contribution in [-0.4, -0.2) is 16.3 Å². The van der Waals surface area contributed by atoms with E-state index in [1.54, 1.807) is 0 Å². The van der Waals surface area contributed by atoms with Crippen molar-refractivity contribution in [2.75, 3.05) is 0 Å². The molecular formula is C12H6Cl4F2N2O. The lowest BCUT2D eigenvalue weighted by molar-refractivity contribution is 0.112. The zero-order valence-electron chi connectivity index (χ0n) is 10.0. The number of aromatic nitrogens is 2. The molecule has 0 saturated carbocycles. The molecule has 0 aliphatic rings. The summed E-state index contributed by atoms with van der Waals surface area (Å²) in [6.07, 6.45) is 0.645. The molecular weight excluding hydrogens is 368 g/mol. The van der Waals surface area contributed by atoms with Gasteiger partial charge in [0.05, 0.1) is 10.0 Å². The summed E-state index contributed by atoms with van der Waals surface area (Å²) in [5.74, 6) is 0. The molecule has 0 bridgehead atoms. The summed E-state index contributed by atoms with van der Waals surface area (Å²) < 4.78 is 24.1. The van der Waals surface area contributed by atoms with Crippen LogP contribution in [0.25, 0.3) is 0 Å². The molecule has 0 N–H and O–H groups in total. The fourth-order valence-corrected chi connectivity index (χ4v) is 1.80. The molecule has 0 atom stereocenters. The van der Waals surface area contributed by atoms with E-state index in [2.05, 4.69) is 9.97 Å². The van der Waals surface area contributed by atoms with Gasteiger partial charge in [0.25, 0.3) is 6.43 Å². The molecule has 0 saturated heterocycles. The first-order valence-electron chi connectivity index (χ1n) is 5.21. The second kappa shape index (κ2) is 8.44. The van der Waals surface area contributed by atoms with Gasteiger partial charge < -0.3 is 0 Å². The van der Waals surface area contributed by atoms with Crippen molar-refractivity contribution in [3.63, 3.8) is 0 Å². The molecule has 0 amide bonds. The molecule has 0 fully saturated rings.